The summed E-state index contributed by atoms with van der Waals surface area (Å²) in [5.41, 5.74) is 1.99. The van der Waals surface area contributed by atoms with Gasteiger partial charge in [-0.3, -0.25) is 9.59 Å². The number of hydrogen-bond acceptors (Lipinski definition) is 5. The van der Waals surface area contributed by atoms with Crippen molar-refractivity contribution in [1.29, 1.82) is 0 Å². The summed E-state index contributed by atoms with van der Waals surface area (Å²) >= 11 is 0. The molecule has 150 valence electrons. The Morgan fingerprint density at radius 2 is 1.93 bits per heavy atom. The Balaban J connectivity index is 1.56. The van der Waals surface area contributed by atoms with Crippen LogP contribution in [0.3, 0.4) is 0 Å². The van der Waals surface area contributed by atoms with Crippen molar-refractivity contribution in [2.24, 2.45) is 0 Å². The molecular formula is C21H28N4O3. The predicted molar refractivity (Wildman–Crippen MR) is 105 cm³/mol. The molecule has 2 amide bonds. The van der Waals surface area contributed by atoms with Gasteiger partial charge in [0.2, 0.25) is 11.8 Å². The molecule has 0 spiro atoms. The second-order valence-corrected chi connectivity index (χ2v) is 7.44. The lowest BCUT2D eigenvalue weighted by atomic mass is 10.1. The average Bonchev–Trinajstić information content (AvgIpc) is 3.15. The summed E-state index contributed by atoms with van der Waals surface area (Å²) in [5.74, 6) is 0.948. The predicted octanol–water partition coefficient (Wildman–Crippen LogP) is 2.84. The van der Waals surface area contributed by atoms with E-state index in [1.807, 2.05) is 43.0 Å². The minimum atomic E-state index is -0.0382. The van der Waals surface area contributed by atoms with E-state index in [0.29, 0.717) is 37.8 Å². The second-order valence-electron chi connectivity index (χ2n) is 7.44. The molecule has 7 nitrogen and oxygen atoms in total. The summed E-state index contributed by atoms with van der Waals surface area (Å²) in [4.78, 5) is 33.0. The number of aryl methyl sites for hydroxylation is 1. The van der Waals surface area contributed by atoms with Gasteiger partial charge < -0.3 is 14.3 Å². The molecule has 7 heteroatoms. The normalized spacial score (nSPS) is 17.0. The van der Waals surface area contributed by atoms with Crippen molar-refractivity contribution in [2.45, 2.75) is 52.5 Å². The number of benzene rings is 1. The van der Waals surface area contributed by atoms with Crippen LogP contribution in [0, 0.1) is 6.92 Å². The maximum absolute atomic E-state index is 12.7. The van der Waals surface area contributed by atoms with Gasteiger partial charge in [-0.2, -0.15) is 4.98 Å². The Morgan fingerprint density at radius 3 is 2.61 bits per heavy atom. The van der Waals surface area contributed by atoms with E-state index in [4.69, 9.17) is 4.52 Å². The Bertz CT molecular complexity index is 815. The molecule has 0 bridgehead atoms. The van der Waals surface area contributed by atoms with Gasteiger partial charge in [-0.15, -0.1) is 0 Å². The Labute approximate surface area is 165 Å². The van der Waals surface area contributed by atoms with Crippen molar-refractivity contribution in [1.82, 2.24) is 19.9 Å². The highest BCUT2D eigenvalue weighted by Crippen LogP contribution is 2.18. The van der Waals surface area contributed by atoms with Crippen molar-refractivity contribution in [3.05, 3.63) is 35.7 Å². The van der Waals surface area contributed by atoms with Gasteiger partial charge in [0.1, 0.15) is 0 Å². The molecule has 2 aromatic rings. The van der Waals surface area contributed by atoms with Crippen molar-refractivity contribution < 1.29 is 14.1 Å². The quantitative estimate of drug-likeness (QED) is 0.765. The van der Waals surface area contributed by atoms with E-state index in [-0.39, 0.29) is 24.3 Å². The van der Waals surface area contributed by atoms with E-state index in [2.05, 4.69) is 17.1 Å². The van der Waals surface area contributed by atoms with Gasteiger partial charge in [0.15, 0.2) is 5.82 Å². The average molecular weight is 384 g/mol. The van der Waals surface area contributed by atoms with Crippen LogP contribution >= 0.6 is 0 Å². The van der Waals surface area contributed by atoms with E-state index in [0.717, 1.165) is 24.0 Å². The number of rotatable bonds is 6. The topological polar surface area (TPSA) is 79.5 Å². The van der Waals surface area contributed by atoms with Crippen LogP contribution in [-0.4, -0.2) is 57.4 Å². The lowest BCUT2D eigenvalue weighted by molar-refractivity contribution is -0.142. The fraction of sp³-hybridized carbons (Fsp3) is 0.524. The van der Waals surface area contributed by atoms with Gasteiger partial charge in [0, 0.05) is 37.7 Å². The van der Waals surface area contributed by atoms with Gasteiger partial charge in [0.05, 0.1) is 6.42 Å². The van der Waals surface area contributed by atoms with Crippen LogP contribution in [0.1, 0.15) is 44.5 Å². The Hall–Kier alpha value is -2.70. The lowest BCUT2D eigenvalue weighted by Crippen LogP contribution is -2.55. The van der Waals surface area contributed by atoms with Crippen LogP contribution in [0.5, 0.6) is 0 Å². The molecule has 1 saturated heterocycles. The van der Waals surface area contributed by atoms with Gasteiger partial charge >= 0.3 is 0 Å². The zero-order chi connectivity index (χ0) is 20.1. The highest BCUT2D eigenvalue weighted by Gasteiger charge is 2.29. The molecule has 1 atom stereocenters. The highest BCUT2D eigenvalue weighted by atomic mass is 16.5. The summed E-state index contributed by atoms with van der Waals surface area (Å²) in [6, 6.07) is 7.83. The smallest absolute Gasteiger partial charge is 0.257 e. The fourth-order valence-corrected chi connectivity index (χ4v) is 3.41. The number of carbonyl (C=O) groups is 2. The summed E-state index contributed by atoms with van der Waals surface area (Å²) in [6.45, 7) is 7.75. The largest absolute Gasteiger partial charge is 0.338 e. The number of aromatic nitrogens is 2. The summed E-state index contributed by atoms with van der Waals surface area (Å²) in [5, 5.41) is 3.95. The van der Waals surface area contributed by atoms with E-state index < -0.39 is 0 Å². The summed E-state index contributed by atoms with van der Waals surface area (Å²) in [7, 11) is 0. The molecule has 1 aliphatic heterocycles. The van der Waals surface area contributed by atoms with Gasteiger partial charge in [-0.05, 0) is 32.4 Å². The molecule has 1 fully saturated rings. The van der Waals surface area contributed by atoms with Crippen molar-refractivity contribution in [3.63, 3.8) is 0 Å². The van der Waals surface area contributed by atoms with Crippen LogP contribution < -0.4 is 0 Å². The first-order valence-corrected chi connectivity index (χ1v) is 9.94. The molecule has 1 aliphatic rings. The third kappa shape index (κ3) is 4.77. The van der Waals surface area contributed by atoms with Crippen LogP contribution in [0.4, 0.5) is 0 Å². The summed E-state index contributed by atoms with van der Waals surface area (Å²) in [6.07, 6.45) is 2.60. The Kier molecular flexibility index (Phi) is 6.44. The third-order valence-corrected chi connectivity index (χ3v) is 5.12. The van der Waals surface area contributed by atoms with Crippen LogP contribution in [0.25, 0.3) is 11.5 Å². The third-order valence-electron chi connectivity index (χ3n) is 5.12. The maximum Gasteiger partial charge on any atom is 0.257 e. The van der Waals surface area contributed by atoms with Crippen molar-refractivity contribution in [2.75, 3.05) is 19.6 Å². The number of unbranched alkanes of at least 4 members (excludes halogenated alkanes) is 1. The number of nitrogens with zero attached hydrogens (tertiary/aromatic N) is 4. The zero-order valence-electron chi connectivity index (χ0n) is 16.9. The Morgan fingerprint density at radius 1 is 1.18 bits per heavy atom. The van der Waals surface area contributed by atoms with Gasteiger partial charge in [-0.25, -0.2) is 0 Å². The molecule has 0 unspecified atom stereocenters. The highest BCUT2D eigenvalue weighted by molar-refractivity contribution is 5.80. The number of piperazine rings is 1. The van der Waals surface area contributed by atoms with Crippen molar-refractivity contribution >= 4 is 11.8 Å². The SMILES string of the molecule is CCCCC(=O)N1CCN(C(=O)Cc2noc(-c3ccc(C)cc3)n2)C[C@H]1C. The molecular weight excluding hydrogens is 356 g/mol. The first kappa shape index (κ1) is 20.0. The number of hydrogen-bond donors (Lipinski definition) is 0. The minimum absolute atomic E-state index is 0.0236. The zero-order valence-corrected chi connectivity index (χ0v) is 16.9. The molecule has 0 N–H and O–H groups in total. The number of carbonyl (C=O) groups excluding carboxylic acids is 2. The summed E-state index contributed by atoms with van der Waals surface area (Å²) < 4.78 is 5.30. The van der Waals surface area contributed by atoms with Crippen molar-refractivity contribution in [3.8, 4) is 11.5 Å². The molecule has 0 radical (unpaired) electrons. The standard InChI is InChI=1S/C21H28N4O3/c1-4-5-6-19(26)25-12-11-24(14-16(25)3)20(27)13-18-22-21(28-23-18)17-9-7-15(2)8-10-17/h7-10,16H,4-6,11-14H2,1-3H3/t16-/m1/s1. The molecule has 1 aromatic carbocycles. The second kappa shape index (κ2) is 8.99. The lowest BCUT2D eigenvalue weighted by Gasteiger charge is -2.40. The molecule has 0 aliphatic carbocycles. The van der Waals surface area contributed by atoms with Crippen LogP contribution in [0.2, 0.25) is 0 Å². The van der Waals surface area contributed by atoms with Gasteiger partial charge in [-0.1, -0.05) is 36.2 Å². The van der Waals surface area contributed by atoms with E-state index in [1.54, 1.807) is 4.90 Å². The molecule has 28 heavy (non-hydrogen) atoms. The van der Waals surface area contributed by atoms with Crippen LogP contribution in [-0.2, 0) is 16.0 Å². The van der Waals surface area contributed by atoms with Gasteiger partial charge in [0.25, 0.3) is 5.89 Å². The monoisotopic (exact) mass is 384 g/mol. The molecule has 0 saturated carbocycles. The first-order chi connectivity index (χ1) is 13.5. The number of amides is 2. The minimum Gasteiger partial charge on any atom is -0.338 e. The molecule has 1 aromatic heterocycles. The first-order valence-electron chi connectivity index (χ1n) is 9.94. The van der Waals surface area contributed by atoms with Crippen LogP contribution in [0.15, 0.2) is 28.8 Å². The van der Waals surface area contributed by atoms with E-state index >= 15 is 0 Å². The maximum atomic E-state index is 12.7. The fourth-order valence-electron chi connectivity index (χ4n) is 3.41. The molecule has 2 heterocycles. The van der Waals surface area contributed by atoms with E-state index in [1.165, 1.54) is 0 Å². The molecule has 3 rings (SSSR count). The van der Waals surface area contributed by atoms with E-state index in [9.17, 15) is 9.59 Å².